The molecule has 11 heteroatoms. The number of pyridine rings is 1. The summed E-state index contributed by atoms with van der Waals surface area (Å²) >= 11 is 0. The lowest BCUT2D eigenvalue weighted by atomic mass is 9.85. The Morgan fingerprint density at radius 1 is 1.34 bits per heavy atom. The van der Waals surface area contributed by atoms with Crippen molar-refractivity contribution >= 4 is 17.7 Å². The summed E-state index contributed by atoms with van der Waals surface area (Å²) in [6.45, 7) is 3.60. The monoisotopic (exact) mass is 484 g/mol. The number of halogens is 1. The summed E-state index contributed by atoms with van der Waals surface area (Å²) < 4.78 is 15.6. The van der Waals surface area contributed by atoms with E-state index in [1.165, 1.54) is 22.9 Å². The van der Waals surface area contributed by atoms with Gasteiger partial charge in [-0.3, -0.25) is 24.0 Å². The van der Waals surface area contributed by atoms with Gasteiger partial charge >= 0.3 is 0 Å². The van der Waals surface area contributed by atoms with Gasteiger partial charge in [0.25, 0.3) is 11.8 Å². The molecule has 10 nitrogen and oxygen atoms in total. The number of carbonyl (C=O) groups excluding carboxylic acids is 3. The van der Waals surface area contributed by atoms with E-state index >= 15 is 0 Å². The van der Waals surface area contributed by atoms with Crippen molar-refractivity contribution in [2.45, 2.75) is 57.3 Å². The molecular weight excluding hydrogens is 459 g/mol. The standard InChI is InChI=1S/C24H25FN4O6/c1-12-3-4-14(16(25)7-12)9-26-22(33)15-10-29-17-11-28(23(34)19(29)21(32)20(15)31)13(2)5-6-24(17)8-18(30)27-35-24/h3-4,7,10,13,17,32H,5-6,8-9,11H2,1-2H3,(H,26,33)(H,27,30)/t13-,17+,24-/m0/s1. The molecule has 0 aliphatic carbocycles. The molecule has 1 aromatic carbocycles. The predicted octanol–water partition coefficient (Wildman–Crippen LogP) is 1.30. The van der Waals surface area contributed by atoms with Gasteiger partial charge in [0.2, 0.25) is 11.3 Å². The van der Waals surface area contributed by atoms with E-state index in [-0.39, 0.29) is 42.7 Å². The zero-order valence-corrected chi connectivity index (χ0v) is 19.3. The average molecular weight is 484 g/mol. The summed E-state index contributed by atoms with van der Waals surface area (Å²) in [5.41, 5.74) is 0.675. The molecule has 3 atom stereocenters. The predicted molar refractivity (Wildman–Crippen MR) is 120 cm³/mol. The molecule has 2 bridgehead atoms. The fourth-order valence-corrected chi connectivity index (χ4v) is 5.20. The highest BCUT2D eigenvalue weighted by Gasteiger charge is 2.54. The fourth-order valence-electron chi connectivity index (χ4n) is 5.20. The molecule has 2 aromatic rings. The van der Waals surface area contributed by atoms with Crippen molar-refractivity contribution < 1.29 is 28.7 Å². The van der Waals surface area contributed by atoms with Crippen molar-refractivity contribution in [1.82, 2.24) is 20.3 Å². The Bertz CT molecular complexity index is 1320. The van der Waals surface area contributed by atoms with E-state index in [1.807, 2.05) is 6.92 Å². The quantitative estimate of drug-likeness (QED) is 0.602. The summed E-state index contributed by atoms with van der Waals surface area (Å²) in [5, 5.41) is 13.3. The molecule has 0 radical (unpaired) electrons. The van der Waals surface area contributed by atoms with Crippen LogP contribution in [-0.2, 0) is 16.2 Å². The molecule has 2 fully saturated rings. The molecule has 3 aliphatic rings. The van der Waals surface area contributed by atoms with Crippen LogP contribution >= 0.6 is 0 Å². The Morgan fingerprint density at radius 2 is 2.11 bits per heavy atom. The number of nitrogens with zero attached hydrogens (tertiary/aromatic N) is 2. The third kappa shape index (κ3) is 3.66. The van der Waals surface area contributed by atoms with E-state index in [2.05, 4.69) is 10.8 Å². The second kappa shape index (κ2) is 8.19. The first-order valence-corrected chi connectivity index (χ1v) is 11.4. The van der Waals surface area contributed by atoms with Gasteiger partial charge in [-0.2, -0.15) is 0 Å². The molecule has 0 saturated carbocycles. The lowest BCUT2D eigenvalue weighted by Crippen LogP contribution is -2.52. The number of fused-ring (bicyclic) bond motifs is 5. The molecular formula is C24H25FN4O6. The Morgan fingerprint density at radius 3 is 2.80 bits per heavy atom. The van der Waals surface area contributed by atoms with Crippen molar-refractivity contribution in [3.8, 4) is 5.75 Å². The van der Waals surface area contributed by atoms with Gasteiger partial charge < -0.3 is 19.9 Å². The van der Waals surface area contributed by atoms with Gasteiger partial charge in [0.05, 0.1) is 12.5 Å². The largest absolute Gasteiger partial charge is 0.503 e. The van der Waals surface area contributed by atoms with Crippen LogP contribution in [0.2, 0.25) is 0 Å². The highest BCUT2D eigenvalue weighted by molar-refractivity contribution is 5.99. The van der Waals surface area contributed by atoms with Gasteiger partial charge in [-0.1, -0.05) is 12.1 Å². The number of amides is 3. The molecule has 0 unspecified atom stereocenters. The van der Waals surface area contributed by atoms with Crippen LogP contribution in [0.5, 0.6) is 5.75 Å². The molecule has 5 rings (SSSR count). The lowest BCUT2D eigenvalue weighted by molar-refractivity contribution is -0.128. The van der Waals surface area contributed by atoms with Gasteiger partial charge in [-0.05, 0) is 38.3 Å². The first-order chi connectivity index (χ1) is 16.6. The van der Waals surface area contributed by atoms with Gasteiger partial charge in [0, 0.05) is 30.9 Å². The zero-order valence-electron chi connectivity index (χ0n) is 19.3. The van der Waals surface area contributed by atoms with Crippen molar-refractivity contribution in [3.63, 3.8) is 0 Å². The summed E-state index contributed by atoms with van der Waals surface area (Å²) in [6, 6.07) is 3.73. The fraction of sp³-hybridized carbons (Fsp3) is 0.417. The Hall–Kier alpha value is -3.73. The van der Waals surface area contributed by atoms with Gasteiger partial charge in [-0.25, -0.2) is 9.87 Å². The van der Waals surface area contributed by atoms with E-state index in [1.54, 1.807) is 17.9 Å². The number of hydrogen-bond acceptors (Lipinski definition) is 6. The van der Waals surface area contributed by atoms with Crippen LogP contribution in [0.1, 0.15) is 64.2 Å². The van der Waals surface area contributed by atoms with Gasteiger partial charge in [-0.15, -0.1) is 0 Å². The summed E-state index contributed by atoms with van der Waals surface area (Å²) in [6.07, 6.45) is 2.25. The number of nitrogens with one attached hydrogen (secondary N) is 2. The van der Waals surface area contributed by atoms with Crippen LogP contribution in [0.25, 0.3) is 0 Å². The number of aromatic hydroxyl groups is 1. The minimum absolute atomic E-state index is 0.0347. The second-order valence-electron chi connectivity index (χ2n) is 9.48. The Kier molecular flexibility index (Phi) is 5.39. The third-order valence-electron chi connectivity index (χ3n) is 7.22. The number of hydroxylamine groups is 1. The van der Waals surface area contributed by atoms with Crippen LogP contribution in [0, 0.1) is 12.7 Å². The summed E-state index contributed by atoms with van der Waals surface area (Å²) in [7, 11) is 0. The second-order valence-corrected chi connectivity index (χ2v) is 9.48. The molecule has 3 aliphatic heterocycles. The smallest absolute Gasteiger partial charge is 0.274 e. The van der Waals surface area contributed by atoms with Crippen molar-refractivity contribution in [2.24, 2.45) is 0 Å². The molecule has 1 spiro atoms. The van der Waals surface area contributed by atoms with E-state index < -0.39 is 46.0 Å². The highest BCUT2D eigenvalue weighted by atomic mass is 19.1. The van der Waals surface area contributed by atoms with E-state index in [0.29, 0.717) is 12.8 Å². The van der Waals surface area contributed by atoms with Crippen LogP contribution in [-0.4, -0.2) is 50.5 Å². The summed E-state index contributed by atoms with van der Waals surface area (Å²) in [5.74, 6) is -3.02. The maximum absolute atomic E-state index is 14.2. The Balaban J connectivity index is 1.55. The van der Waals surface area contributed by atoms with Gasteiger partial charge in [0.15, 0.2) is 11.4 Å². The third-order valence-corrected chi connectivity index (χ3v) is 7.22. The number of benzene rings is 1. The number of aromatic nitrogens is 1. The maximum Gasteiger partial charge on any atom is 0.274 e. The molecule has 3 amide bonds. The van der Waals surface area contributed by atoms with E-state index in [4.69, 9.17) is 4.84 Å². The average Bonchev–Trinajstić information content (AvgIpc) is 3.14. The summed E-state index contributed by atoms with van der Waals surface area (Å²) in [4.78, 5) is 58.5. The maximum atomic E-state index is 14.2. The van der Waals surface area contributed by atoms with Crippen molar-refractivity contribution in [2.75, 3.05) is 6.54 Å². The van der Waals surface area contributed by atoms with Crippen LogP contribution in [0.4, 0.5) is 4.39 Å². The van der Waals surface area contributed by atoms with Crippen LogP contribution < -0.4 is 16.2 Å². The molecule has 1 aromatic heterocycles. The van der Waals surface area contributed by atoms with E-state index in [9.17, 15) is 28.7 Å². The minimum atomic E-state index is -1.02. The van der Waals surface area contributed by atoms with E-state index in [0.717, 1.165) is 5.56 Å². The number of aryl methyl sites for hydroxylation is 1. The SMILES string of the molecule is Cc1ccc(CNC(=O)c2cn3c(c(O)c2=O)C(=O)N2C[C@@H]3[C@]3(CC[C@@H]2C)CC(=O)NO3)c(F)c1. The normalized spacial score (nSPS) is 25.3. The van der Waals surface area contributed by atoms with Crippen LogP contribution in [0.15, 0.2) is 29.2 Å². The van der Waals surface area contributed by atoms with Gasteiger partial charge in [0.1, 0.15) is 17.0 Å². The molecule has 4 heterocycles. The topological polar surface area (TPSA) is 130 Å². The number of hydrogen-bond donors (Lipinski definition) is 3. The highest BCUT2D eigenvalue weighted by Crippen LogP contribution is 2.45. The van der Waals surface area contributed by atoms with Crippen LogP contribution in [0.3, 0.4) is 0 Å². The van der Waals surface area contributed by atoms with Crippen molar-refractivity contribution in [1.29, 1.82) is 0 Å². The first kappa shape index (κ1) is 23.0. The lowest BCUT2D eigenvalue weighted by Gasteiger charge is -2.41. The molecule has 35 heavy (non-hydrogen) atoms. The minimum Gasteiger partial charge on any atom is -0.503 e. The Labute approximate surface area is 199 Å². The molecule has 3 N–H and O–H groups in total. The van der Waals surface area contributed by atoms with Crippen molar-refractivity contribution in [3.05, 3.63) is 62.8 Å². The molecule has 2 saturated heterocycles. The zero-order chi connectivity index (χ0) is 25.1. The first-order valence-electron chi connectivity index (χ1n) is 11.4. The number of carbonyl (C=O) groups is 3. The number of rotatable bonds is 3. The molecule has 184 valence electrons.